The highest BCUT2D eigenvalue weighted by Crippen LogP contribution is 2.15. The third-order valence-corrected chi connectivity index (χ3v) is 8.55. The predicted molar refractivity (Wildman–Crippen MR) is 211 cm³/mol. The van der Waals surface area contributed by atoms with Crippen molar-refractivity contribution in [2.45, 2.75) is 187 Å². The van der Waals surface area contributed by atoms with E-state index in [9.17, 15) is 19.5 Å². The van der Waals surface area contributed by atoms with Crippen LogP contribution in [0.4, 0.5) is 0 Å². The smallest absolute Gasteiger partial charge is 0.326 e. The molecule has 0 aromatic carbocycles. The highest BCUT2D eigenvalue weighted by atomic mass is 16.5. The maximum absolute atomic E-state index is 12.7. The van der Waals surface area contributed by atoms with Crippen molar-refractivity contribution >= 4 is 17.8 Å². The number of carboxylic acid groups (broad SMARTS) is 1. The number of carbonyl (C=O) groups excluding carboxylic acids is 2. The minimum atomic E-state index is -1.01. The predicted octanol–water partition coefficient (Wildman–Crippen LogP) is 11.0. The summed E-state index contributed by atoms with van der Waals surface area (Å²) in [5.74, 6) is -1.32. The normalized spacial score (nSPS) is 13.3. The molecule has 0 saturated heterocycles. The second-order valence-electron chi connectivity index (χ2n) is 13.3. The minimum Gasteiger partial charge on any atom is -0.480 e. The van der Waals surface area contributed by atoms with Gasteiger partial charge in [-0.05, 0) is 103 Å². The molecule has 0 bridgehead atoms. The fourth-order valence-electron chi connectivity index (χ4n) is 5.53. The summed E-state index contributed by atoms with van der Waals surface area (Å²) < 4.78 is 5.90. The molecule has 0 aliphatic rings. The third kappa shape index (κ3) is 33.6. The number of ether oxygens (including phenoxy) is 1. The first-order chi connectivity index (χ1) is 24.4. The Balaban J connectivity index is 4.34. The van der Waals surface area contributed by atoms with Crippen LogP contribution in [0.2, 0.25) is 0 Å². The van der Waals surface area contributed by atoms with E-state index in [1.165, 1.54) is 38.5 Å². The van der Waals surface area contributed by atoms with E-state index in [1.807, 2.05) is 0 Å². The number of esters is 1. The second kappa shape index (κ2) is 37.3. The van der Waals surface area contributed by atoms with Crippen LogP contribution in [-0.4, -0.2) is 41.6 Å². The van der Waals surface area contributed by atoms with Gasteiger partial charge >= 0.3 is 11.9 Å². The van der Waals surface area contributed by atoms with Crippen LogP contribution in [0.3, 0.4) is 0 Å². The van der Waals surface area contributed by atoms with Crippen molar-refractivity contribution in [1.29, 1.82) is 0 Å². The molecule has 1 amide bonds. The zero-order valence-electron chi connectivity index (χ0n) is 32.0. The summed E-state index contributed by atoms with van der Waals surface area (Å²) in [7, 11) is 0. The van der Waals surface area contributed by atoms with Gasteiger partial charge < -0.3 is 20.9 Å². The zero-order chi connectivity index (χ0) is 36.8. The minimum absolute atomic E-state index is 0.1000. The van der Waals surface area contributed by atoms with Crippen molar-refractivity contribution in [2.75, 3.05) is 6.54 Å². The van der Waals surface area contributed by atoms with E-state index in [1.54, 1.807) is 0 Å². The molecule has 0 aromatic heterocycles. The fraction of sp³-hybridized carbons (Fsp3) is 0.698. The Kier molecular flexibility index (Phi) is 35.1. The first kappa shape index (κ1) is 47.1. The SMILES string of the molecule is CC/C=C\C/C=C\C/C=C\C(CCCCCCCCC(=O)NC(CCCN)C(=O)O)OC(=O)CCCCCCC/C=C\C/C=C\CCCCC. The van der Waals surface area contributed by atoms with Gasteiger partial charge in [-0.2, -0.15) is 0 Å². The average molecular weight is 699 g/mol. The first-order valence-corrected chi connectivity index (χ1v) is 20.1. The molecule has 0 aliphatic carbocycles. The van der Waals surface area contributed by atoms with Gasteiger partial charge in [0, 0.05) is 12.8 Å². The Morgan fingerprint density at radius 3 is 1.78 bits per heavy atom. The van der Waals surface area contributed by atoms with E-state index in [0.29, 0.717) is 32.2 Å². The Hall–Kier alpha value is -2.93. The lowest BCUT2D eigenvalue weighted by Crippen LogP contribution is -2.40. The summed E-state index contributed by atoms with van der Waals surface area (Å²) in [4.78, 5) is 36.1. The van der Waals surface area contributed by atoms with Crippen LogP contribution in [0.5, 0.6) is 0 Å². The van der Waals surface area contributed by atoms with E-state index in [2.05, 4.69) is 79.9 Å². The Morgan fingerprint density at radius 2 is 1.16 bits per heavy atom. The summed E-state index contributed by atoms with van der Waals surface area (Å²) in [5.41, 5.74) is 5.46. The van der Waals surface area contributed by atoms with Gasteiger partial charge in [0.1, 0.15) is 12.1 Å². The molecule has 7 heteroatoms. The Bertz CT molecular complexity index is 968. The third-order valence-electron chi connectivity index (χ3n) is 8.55. The number of nitrogens with one attached hydrogen (secondary N) is 1. The molecular formula is C43H74N2O5. The number of amides is 1. The van der Waals surface area contributed by atoms with Crippen molar-refractivity contribution in [3.8, 4) is 0 Å². The van der Waals surface area contributed by atoms with Gasteiger partial charge in [-0.1, -0.05) is 126 Å². The molecular weight excluding hydrogens is 624 g/mol. The number of allylic oxidation sites excluding steroid dienone is 9. The quantitative estimate of drug-likeness (QED) is 0.0344. The van der Waals surface area contributed by atoms with Crippen LogP contribution in [0.1, 0.15) is 174 Å². The molecule has 0 aromatic rings. The topological polar surface area (TPSA) is 119 Å². The van der Waals surface area contributed by atoms with Gasteiger partial charge in [0.25, 0.3) is 0 Å². The summed E-state index contributed by atoms with van der Waals surface area (Å²) in [6.45, 7) is 4.78. The average Bonchev–Trinajstić information content (AvgIpc) is 3.10. The number of carbonyl (C=O) groups is 3. The van der Waals surface area contributed by atoms with Crippen LogP contribution >= 0.6 is 0 Å². The molecule has 286 valence electrons. The molecule has 0 spiro atoms. The van der Waals surface area contributed by atoms with Crippen LogP contribution in [0.15, 0.2) is 60.8 Å². The summed E-state index contributed by atoms with van der Waals surface area (Å²) in [5, 5.41) is 11.9. The monoisotopic (exact) mass is 699 g/mol. The molecule has 0 heterocycles. The number of rotatable bonds is 35. The number of carboxylic acids is 1. The molecule has 0 fully saturated rings. The van der Waals surface area contributed by atoms with E-state index < -0.39 is 12.0 Å². The van der Waals surface area contributed by atoms with Crippen molar-refractivity contribution < 1.29 is 24.2 Å². The lowest BCUT2D eigenvalue weighted by molar-refractivity contribution is -0.147. The molecule has 2 atom stereocenters. The summed E-state index contributed by atoms with van der Waals surface area (Å²) >= 11 is 0. The number of hydrogen-bond acceptors (Lipinski definition) is 5. The molecule has 2 unspecified atom stereocenters. The van der Waals surface area contributed by atoms with Crippen molar-refractivity contribution in [2.24, 2.45) is 5.73 Å². The molecule has 4 N–H and O–H groups in total. The van der Waals surface area contributed by atoms with Gasteiger partial charge in [-0.25, -0.2) is 4.79 Å². The number of nitrogens with two attached hydrogens (primary N) is 1. The second-order valence-corrected chi connectivity index (χ2v) is 13.3. The zero-order valence-corrected chi connectivity index (χ0v) is 32.0. The Labute approximate surface area is 306 Å². The van der Waals surface area contributed by atoms with E-state index in [-0.39, 0.29) is 18.0 Å². The molecule has 0 radical (unpaired) electrons. The Morgan fingerprint density at radius 1 is 0.620 bits per heavy atom. The van der Waals surface area contributed by atoms with E-state index in [4.69, 9.17) is 10.5 Å². The van der Waals surface area contributed by atoms with Gasteiger partial charge in [0.15, 0.2) is 0 Å². The number of aliphatic carboxylic acids is 1. The van der Waals surface area contributed by atoms with E-state index >= 15 is 0 Å². The summed E-state index contributed by atoms with van der Waals surface area (Å²) in [6.07, 6.45) is 45.7. The number of hydrogen-bond donors (Lipinski definition) is 3. The highest BCUT2D eigenvalue weighted by molar-refractivity contribution is 5.83. The van der Waals surface area contributed by atoms with Gasteiger partial charge in [-0.15, -0.1) is 0 Å². The maximum Gasteiger partial charge on any atom is 0.326 e. The van der Waals surface area contributed by atoms with Crippen LogP contribution in [-0.2, 0) is 19.1 Å². The lowest BCUT2D eigenvalue weighted by atomic mass is 10.0. The molecule has 50 heavy (non-hydrogen) atoms. The van der Waals surface area contributed by atoms with Crippen molar-refractivity contribution in [3.05, 3.63) is 60.8 Å². The van der Waals surface area contributed by atoms with Gasteiger partial charge in [0.05, 0.1) is 0 Å². The van der Waals surface area contributed by atoms with Gasteiger partial charge in [0.2, 0.25) is 5.91 Å². The van der Waals surface area contributed by atoms with Crippen LogP contribution in [0.25, 0.3) is 0 Å². The van der Waals surface area contributed by atoms with Crippen molar-refractivity contribution in [1.82, 2.24) is 5.32 Å². The largest absolute Gasteiger partial charge is 0.480 e. The van der Waals surface area contributed by atoms with Crippen LogP contribution < -0.4 is 11.1 Å². The molecule has 0 saturated carbocycles. The molecule has 7 nitrogen and oxygen atoms in total. The first-order valence-electron chi connectivity index (χ1n) is 20.1. The fourth-order valence-corrected chi connectivity index (χ4v) is 5.53. The highest BCUT2D eigenvalue weighted by Gasteiger charge is 2.18. The lowest BCUT2D eigenvalue weighted by Gasteiger charge is -2.15. The molecule has 0 rings (SSSR count). The molecule has 0 aliphatic heterocycles. The van der Waals surface area contributed by atoms with Crippen LogP contribution in [0, 0.1) is 0 Å². The standard InChI is InChI=1S/C43H74N2O5/c1-3-5-7-9-11-13-14-15-16-17-18-19-21-27-31-37-42(47)50-39(33-28-24-20-12-10-8-6-4-2)34-29-25-22-23-26-30-36-41(46)45-40(43(48)49)35-32-38-44/h6,8,11-13,15-16,20,28,33,39-40H,3-5,7,9-10,14,17-19,21-27,29-32,34-38,44H2,1-2H3,(H,45,46)(H,48,49)/b8-6-,13-11-,16-15-,20-12-,33-28-. The number of unbranched alkanes of at least 4 members (excludes halogenated alkanes) is 13. The van der Waals surface area contributed by atoms with Crippen molar-refractivity contribution in [3.63, 3.8) is 0 Å². The summed E-state index contributed by atoms with van der Waals surface area (Å²) in [6, 6.07) is -0.860. The maximum atomic E-state index is 12.7. The van der Waals surface area contributed by atoms with E-state index in [0.717, 1.165) is 96.3 Å². The van der Waals surface area contributed by atoms with Gasteiger partial charge in [-0.3, -0.25) is 9.59 Å².